The van der Waals surface area contributed by atoms with Gasteiger partial charge in [0.15, 0.2) is 0 Å². The molecule has 0 unspecified atom stereocenters. The van der Waals surface area contributed by atoms with Crippen LogP contribution in [0, 0.1) is 17.0 Å². The molecule has 9 nitrogen and oxygen atoms in total. The van der Waals surface area contributed by atoms with E-state index in [0.717, 1.165) is 11.3 Å². The number of nitrogens with zero attached hydrogens (tertiary/aromatic N) is 3. The van der Waals surface area contributed by atoms with Gasteiger partial charge in [0.25, 0.3) is 5.69 Å². The summed E-state index contributed by atoms with van der Waals surface area (Å²) in [5, 5.41) is 13.2. The molecule has 0 radical (unpaired) electrons. The van der Waals surface area contributed by atoms with E-state index in [1.54, 1.807) is 0 Å². The minimum absolute atomic E-state index is 0.0440. The Labute approximate surface area is 175 Å². The third-order valence-electron chi connectivity index (χ3n) is 4.95. The van der Waals surface area contributed by atoms with Crippen molar-refractivity contribution < 1.29 is 18.1 Å². The number of piperazine rings is 1. The molecule has 2 aromatic rings. The lowest BCUT2D eigenvalue weighted by Gasteiger charge is -2.35. The fourth-order valence-corrected chi connectivity index (χ4v) is 4.63. The van der Waals surface area contributed by atoms with Crippen molar-refractivity contribution in [2.75, 3.05) is 36.8 Å². The van der Waals surface area contributed by atoms with E-state index in [4.69, 9.17) is 0 Å². The van der Waals surface area contributed by atoms with Gasteiger partial charge in [0.2, 0.25) is 15.9 Å². The van der Waals surface area contributed by atoms with Crippen molar-refractivity contribution in [2.45, 2.75) is 13.5 Å². The second-order valence-corrected chi connectivity index (χ2v) is 9.15. The van der Waals surface area contributed by atoms with Crippen LogP contribution in [0.4, 0.5) is 11.4 Å². The molecule has 1 aliphatic heterocycles. The van der Waals surface area contributed by atoms with Crippen molar-refractivity contribution in [2.24, 2.45) is 0 Å². The summed E-state index contributed by atoms with van der Waals surface area (Å²) in [6.45, 7) is 3.89. The predicted molar refractivity (Wildman–Crippen MR) is 114 cm³/mol. The van der Waals surface area contributed by atoms with Crippen LogP contribution < -0.4 is 10.2 Å². The van der Waals surface area contributed by atoms with Crippen LogP contribution in [0.1, 0.15) is 11.1 Å². The first kappa shape index (κ1) is 21.7. The highest BCUT2D eigenvalue weighted by atomic mass is 32.2. The smallest absolute Gasteiger partial charge is 0.269 e. The predicted octanol–water partition coefficient (Wildman–Crippen LogP) is 1.67. The largest absolute Gasteiger partial charge is 0.369 e. The molecule has 1 N–H and O–H groups in total. The third kappa shape index (κ3) is 5.55. The van der Waals surface area contributed by atoms with E-state index in [1.165, 1.54) is 28.6 Å². The average Bonchev–Trinajstić information content (AvgIpc) is 2.72. The van der Waals surface area contributed by atoms with E-state index >= 15 is 0 Å². The molecule has 10 heteroatoms. The van der Waals surface area contributed by atoms with Crippen molar-refractivity contribution in [3.05, 3.63) is 69.8 Å². The number of amides is 1. The number of carbonyl (C=O) groups is 1. The maximum atomic E-state index is 12.6. The van der Waals surface area contributed by atoms with Crippen LogP contribution in [0.5, 0.6) is 0 Å². The number of anilines is 1. The van der Waals surface area contributed by atoms with Gasteiger partial charge < -0.3 is 10.2 Å². The van der Waals surface area contributed by atoms with Crippen molar-refractivity contribution >= 4 is 27.3 Å². The number of nitro groups is 1. The average molecular weight is 433 g/mol. The summed E-state index contributed by atoms with van der Waals surface area (Å²) in [4.78, 5) is 24.4. The van der Waals surface area contributed by atoms with Crippen molar-refractivity contribution in [3.63, 3.8) is 0 Å². The summed E-state index contributed by atoms with van der Waals surface area (Å²) in [6, 6.07) is 13.8. The Morgan fingerprint density at radius 3 is 2.37 bits per heavy atom. The molecule has 0 spiro atoms. The van der Waals surface area contributed by atoms with Crippen LogP contribution in [-0.4, -0.2) is 55.5 Å². The molecular formula is C20H24N4O5S. The van der Waals surface area contributed by atoms with Gasteiger partial charge in [0, 0.05) is 50.5 Å². The lowest BCUT2D eigenvalue weighted by molar-refractivity contribution is -0.384. The summed E-state index contributed by atoms with van der Waals surface area (Å²) in [5.41, 5.74) is 2.82. The van der Waals surface area contributed by atoms with Gasteiger partial charge in [-0.15, -0.1) is 0 Å². The van der Waals surface area contributed by atoms with Gasteiger partial charge in [-0.05, 0) is 30.2 Å². The summed E-state index contributed by atoms with van der Waals surface area (Å²) in [7, 11) is -3.71. The number of benzene rings is 2. The van der Waals surface area contributed by atoms with E-state index in [2.05, 4.69) is 16.3 Å². The van der Waals surface area contributed by atoms with Gasteiger partial charge >= 0.3 is 0 Å². The monoisotopic (exact) mass is 432 g/mol. The Kier molecular flexibility index (Phi) is 6.68. The highest BCUT2D eigenvalue weighted by Crippen LogP contribution is 2.19. The SMILES string of the molecule is Cc1cccc(N2CCN(S(=O)(=O)CC(=O)NCc3ccc([N+](=O)[O-])cc3)CC2)c1. The number of nitro benzene ring substituents is 1. The van der Waals surface area contributed by atoms with Crippen LogP contribution in [-0.2, 0) is 21.4 Å². The molecule has 1 fully saturated rings. The Morgan fingerprint density at radius 2 is 1.77 bits per heavy atom. The van der Waals surface area contributed by atoms with Crippen LogP contribution in [0.25, 0.3) is 0 Å². The van der Waals surface area contributed by atoms with Crippen LogP contribution in [0.3, 0.4) is 0 Å². The van der Waals surface area contributed by atoms with Gasteiger partial charge in [0.1, 0.15) is 5.75 Å². The number of hydrogen-bond acceptors (Lipinski definition) is 6. The van der Waals surface area contributed by atoms with Crippen LogP contribution >= 0.6 is 0 Å². The lowest BCUT2D eigenvalue weighted by atomic mass is 10.2. The molecule has 0 bridgehead atoms. The minimum Gasteiger partial charge on any atom is -0.369 e. The fraction of sp³-hybridized carbons (Fsp3) is 0.350. The van der Waals surface area contributed by atoms with Gasteiger partial charge in [-0.1, -0.05) is 24.3 Å². The number of carbonyl (C=O) groups excluding carboxylic acids is 1. The second kappa shape index (κ2) is 9.23. The molecule has 1 heterocycles. The topological polar surface area (TPSA) is 113 Å². The number of hydrogen-bond donors (Lipinski definition) is 1. The number of sulfonamides is 1. The number of rotatable bonds is 7. The Bertz CT molecular complexity index is 1020. The number of non-ortho nitro benzene ring substituents is 1. The molecule has 3 rings (SSSR count). The molecule has 0 atom stereocenters. The first-order valence-corrected chi connectivity index (χ1v) is 11.1. The molecule has 1 saturated heterocycles. The van der Waals surface area contributed by atoms with E-state index in [9.17, 15) is 23.3 Å². The number of nitrogens with one attached hydrogen (secondary N) is 1. The first-order chi connectivity index (χ1) is 14.2. The number of aryl methyl sites for hydroxylation is 1. The molecule has 0 aliphatic carbocycles. The summed E-state index contributed by atoms with van der Waals surface area (Å²) < 4.78 is 26.5. The summed E-state index contributed by atoms with van der Waals surface area (Å²) >= 11 is 0. The van der Waals surface area contributed by atoms with Crippen molar-refractivity contribution in [1.29, 1.82) is 0 Å². The minimum atomic E-state index is -3.71. The molecule has 0 saturated carbocycles. The van der Waals surface area contributed by atoms with Crippen LogP contribution in [0.15, 0.2) is 48.5 Å². The molecule has 160 valence electrons. The van der Waals surface area contributed by atoms with Crippen LogP contribution in [0.2, 0.25) is 0 Å². The lowest BCUT2D eigenvalue weighted by Crippen LogP contribution is -2.50. The second-order valence-electron chi connectivity index (χ2n) is 7.18. The Balaban J connectivity index is 1.50. The third-order valence-corrected chi connectivity index (χ3v) is 6.73. The van der Waals surface area contributed by atoms with E-state index < -0.39 is 26.6 Å². The van der Waals surface area contributed by atoms with Gasteiger partial charge in [0.05, 0.1) is 4.92 Å². The first-order valence-electron chi connectivity index (χ1n) is 9.54. The highest BCUT2D eigenvalue weighted by Gasteiger charge is 2.29. The molecule has 2 aromatic carbocycles. The normalized spacial score (nSPS) is 15.0. The zero-order chi connectivity index (χ0) is 21.7. The van der Waals surface area contributed by atoms with E-state index in [-0.39, 0.29) is 12.2 Å². The standard InChI is InChI=1S/C20H24N4O5S/c1-16-3-2-4-19(13-16)22-9-11-23(12-10-22)30(28,29)15-20(25)21-14-17-5-7-18(8-6-17)24(26)27/h2-8,13H,9-12,14-15H2,1H3,(H,21,25). The van der Waals surface area contributed by atoms with E-state index in [1.807, 2.05) is 25.1 Å². The zero-order valence-electron chi connectivity index (χ0n) is 16.7. The van der Waals surface area contributed by atoms with Gasteiger partial charge in [-0.2, -0.15) is 4.31 Å². The maximum absolute atomic E-state index is 12.6. The van der Waals surface area contributed by atoms with Crippen molar-refractivity contribution in [3.8, 4) is 0 Å². The quantitative estimate of drug-likeness (QED) is 0.526. The molecule has 0 aromatic heterocycles. The summed E-state index contributed by atoms with van der Waals surface area (Å²) in [5.74, 6) is -1.22. The molecular weight excluding hydrogens is 408 g/mol. The summed E-state index contributed by atoms with van der Waals surface area (Å²) in [6.07, 6.45) is 0. The van der Waals surface area contributed by atoms with Gasteiger partial charge in [-0.3, -0.25) is 14.9 Å². The molecule has 1 amide bonds. The van der Waals surface area contributed by atoms with Gasteiger partial charge in [-0.25, -0.2) is 8.42 Å². The molecule has 1 aliphatic rings. The maximum Gasteiger partial charge on any atom is 0.269 e. The Morgan fingerprint density at radius 1 is 1.10 bits per heavy atom. The van der Waals surface area contributed by atoms with Crippen molar-refractivity contribution in [1.82, 2.24) is 9.62 Å². The highest BCUT2D eigenvalue weighted by molar-refractivity contribution is 7.89. The fourth-order valence-electron chi connectivity index (χ4n) is 3.29. The molecule has 30 heavy (non-hydrogen) atoms. The zero-order valence-corrected chi connectivity index (χ0v) is 17.5. The van der Waals surface area contributed by atoms with E-state index in [0.29, 0.717) is 31.7 Å². The Hall–Kier alpha value is -2.98.